The van der Waals surface area contributed by atoms with Crippen LogP contribution in [-0.4, -0.2) is 93.2 Å². The van der Waals surface area contributed by atoms with Gasteiger partial charge in [-0.2, -0.15) is 0 Å². The highest BCUT2D eigenvalue weighted by Crippen LogP contribution is 2.21. The summed E-state index contributed by atoms with van der Waals surface area (Å²) < 4.78 is 25.6. The second kappa shape index (κ2) is 12.7. The van der Waals surface area contributed by atoms with Crippen molar-refractivity contribution in [3.63, 3.8) is 0 Å². The summed E-state index contributed by atoms with van der Waals surface area (Å²) in [6.45, 7) is 9.45. The van der Waals surface area contributed by atoms with Gasteiger partial charge in [0.2, 0.25) is 0 Å². The van der Waals surface area contributed by atoms with Crippen LogP contribution in [0, 0.1) is 0 Å². The Hall–Kier alpha value is -2.97. The Bertz CT molecular complexity index is 953. The third kappa shape index (κ3) is 10.1. The predicted octanol–water partition coefficient (Wildman–Crippen LogP) is 0.779. The molecule has 0 unspecified atom stereocenters. The molecule has 1 fully saturated rings. The molecule has 1 aliphatic rings. The lowest BCUT2D eigenvalue weighted by molar-refractivity contribution is -0.287. The molecule has 1 aromatic carbocycles. The van der Waals surface area contributed by atoms with Gasteiger partial charge in [-0.25, -0.2) is 14.4 Å². The number of rotatable bonds is 7. The van der Waals surface area contributed by atoms with Crippen molar-refractivity contribution in [3.05, 3.63) is 29.8 Å². The summed E-state index contributed by atoms with van der Waals surface area (Å²) in [6.07, 6.45) is -10.0. The third-order valence-electron chi connectivity index (χ3n) is 5.01. The maximum Gasteiger partial charge on any atom is 0.514 e. The molecule has 0 spiro atoms. The second-order valence-corrected chi connectivity index (χ2v) is 10.8. The predicted molar refractivity (Wildman–Crippen MR) is 130 cm³/mol. The first-order chi connectivity index (χ1) is 17.4. The molecule has 38 heavy (non-hydrogen) atoms. The highest BCUT2D eigenvalue weighted by Gasteiger charge is 2.43. The summed E-state index contributed by atoms with van der Waals surface area (Å²) in [4.78, 5) is 37.1. The van der Waals surface area contributed by atoms with Crippen molar-refractivity contribution in [2.45, 2.75) is 95.9 Å². The zero-order valence-electron chi connectivity index (χ0n) is 22.2. The normalized spacial score (nSPS) is 24.6. The maximum absolute atomic E-state index is 12.9. The van der Waals surface area contributed by atoms with Crippen LogP contribution in [0.25, 0.3) is 0 Å². The average Bonchev–Trinajstić information content (AvgIpc) is 2.77. The van der Waals surface area contributed by atoms with E-state index in [1.165, 1.54) is 12.1 Å². The van der Waals surface area contributed by atoms with Crippen LogP contribution in [0.4, 0.5) is 9.59 Å². The monoisotopic (exact) mass is 543 g/mol. The van der Waals surface area contributed by atoms with Crippen LogP contribution < -0.4 is 10.1 Å². The van der Waals surface area contributed by atoms with Crippen LogP contribution in [0.5, 0.6) is 5.75 Å². The fourth-order valence-electron chi connectivity index (χ4n) is 3.27. The molecular weight excluding hydrogens is 506 g/mol. The number of aliphatic hydroxyl groups is 4. The number of amides is 1. The highest BCUT2D eigenvalue weighted by molar-refractivity contribution is 5.81. The molecule has 0 aliphatic carbocycles. The molecule has 1 amide bonds. The van der Waals surface area contributed by atoms with Crippen LogP contribution in [0.15, 0.2) is 24.3 Å². The first-order valence-electron chi connectivity index (χ1n) is 12.0. The molecule has 0 saturated carbocycles. The van der Waals surface area contributed by atoms with Gasteiger partial charge in [0.1, 0.15) is 54.0 Å². The van der Waals surface area contributed by atoms with Crippen molar-refractivity contribution in [1.82, 2.24) is 5.32 Å². The van der Waals surface area contributed by atoms with Crippen molar-refractivity contribution in [1.29, 1.82) is 0 Å². The first kappa shape index (κ1) is 31.2. The van der Waals surface area contributed by atoms with E-state index in [0.717, 1.165) is 0 Å². The van der Waals surface area contributed by atoms with Crippen LogP contribution in [-0.2, 0) is 30.2 Å². The van der Waals surface area contributed by atoms with Crippen molar-refractivity contribution in [2.75, 3.05) is 6.61 Å². The van der Waals surface area contributed by atoms with Gasteiger partial charge in [0.05, 0.1) is 0 Å². The van der Waals surface area contributed by atoms with Gasteiger partial charge in [0.15, 0.2) is 6.29 Å². The number of carbonyl (C=O) groups excluding carboxylic acids is 3. The fraction of sp³-hybridized carbons (Fsp3) is 0.640. The smallest absolute Gasteiger partial charge is 0.461 e. The fourth-order valence-corrected chi connectivity index (χ4v) is 3.27. The van der Waals surface area contributed by atoms with Gasteiger partial charge >= 0.3 is 18.2 Å². The summed E-state index contributed by atoms with van der Waals surface area (Å²) >= 11 is 0. The van der Waals surface area contributed by atoms with Crippen molar-refractivity contribution in [3.8, 4) is 5.75 Å². The van der Waals surface area contributed by atoms with Crippen molar-refractivity contribution in [2.24, 2.45) is 0 Å². The molecule has 5 N–H and O–H groups in total. The van der Waals surface area contributed by atoms with E-state index in [4.69, 9.17) is 23.7 Å². The molecule has 214 valence electrons. The van der Waals surface area contributed by atoms with Gasteiger partial charge in [0, 0.05) is 6.42 Å². The zero-order valence-corrected chi connectivity index (χ0v) is 22.2. The van der Waals surface area contributed by atoms with E-state index in [9.17, 15) is 34.8 Å². The topological polar surface area (TPSA) is 190 Å². The van der Waals surface area contributed by atoms with Gasteiger partial charge in [-0.1, -0.05) is 12.1 Å². The summed E-state index contributed by atoms with van der Waals surface area (Å²) in [7, 11) is 0. The molecule has 0 aromatic heterocycles. The number of esters is 1. The van der Waals surface area contributed by atoms with Gasteiger partial charge in [0.25, 0.3) is 0 Å². The van der Waals surface area contributed by atoms with E-state index in [1.54, 1.807) is 53.7 Å². The van der Waals surface area contributed by atoms with Crippen molar-refractivity contribution < 1.29 is 58.5 Å². The number of carbonyl (C=O) groups is 3. The average molecular weight is 544 g/mol. The quantitative estimate of drug-likeness (QED) is 0.185. The molecule has 1 aliphatic heterocycles. The maximum atomic E-state index is 12.9. The lowest BCUT2D eigenvalue weighted by atomic mass is 9.99. The Morgan fingerprint density at radius 3 is 2.03 bits per heavy atom. The Kier molecular flexibility index (Phi) is 10.5. The number of aliphatic hydroxyl groups excluding tert-OH is 4. The van der Waals surface area contributed by atoms with E-state index in [1.807, 2.05) is 0 Å². The Balaban J connectivity index is 2.08. The minimum atomic E-state index is -1.80. The van der Waals surface area contributed by atoms with Gasteiger partial charge in [-0.05, 0) is 59.2 Å². The number of benzene rings is 1. The molecule has 1 heterocycles. The second-order valence-electron chi connectivity index (χ2n) is 10.8. The number of alkyl carbamates (subject to hydrolysis) is 1. The van der Waals surface area contributed by atoms with E-state index < -0.39 is 72.8 Å². The standard InChI is InChI=1S/C25H37NO12/c1-24(2,3)37-22(32)26-15(20(30)34-12-16-17(27)18(28)19(29)21(31)36-16)11-13-7-9-14(10-8-13)35-23(33)38-25(4,5)6/h7-10,15-19,21,27-29,31H,11-12H2,1-6H3,(H,26,32)/t15-,16+,17+,18+,19-,21+/m1/s1. The first-order valence-corrected chi connectivity index (χ1v) is 12.0. The van der Waals surface area contributed by atoms with Gasteiger partial charge in [-0.3, -0.25) is 0 Å². The number of nitrogens with one attached hydrogen (secondary N) is 1. The number of hydrogen-bond donors (Lipinski definition) is 5. The van der Waals surface area contributed by atoms with E-state index in [2.05, 4.69) is 5.32 Å². The zero-order chi connectivity index (χ0) is 28.8. The molecule has 6 atom stereocenters. The number of hydrogen-bond acceptors (Lipinski definition) is 12. The molecule has 0 bridgehead atoms. The SMILES string of the molecule is CC(C)(C)OC(=O)N[C@H](Cc1ccc(OC(=O)OC(C)(C)C)cc1)C(=O)OC[C@@H]1O[C@H](O)[C@H](O)[C@@H](O)[C@H]1O. The van der Waals surface area contributed by atoms with Crippen molar-refractivity contribution >= 4 is 18.2 Å². The van der Waals surface area contributed by atoms with Gasteiger partial charge < -0.3 is 49.4 Å². The minimum Gasteiger partial charge on any atom is -0.461 e. The van der Waals surface area contributed by atoms with E-state index >= 15 is 0 Å². The molecule has 0 radical (unpaired) electrons. The Labute approximate surface area is 220 Å². The van der Waals surface area contributed by atoms with Crippen LogP contribution >= 0.6 is 0 Å². The highest BCUT2D eigenvalue weighted by atomic mass is 16.7. The molecule has 13 nitrogen and oxygen atoms in total. The Morgan fingerprint density at radius 2 is 1.47 bits per heavy atom. The van der Waals surface area contributed by atoms with E-state index in [0.29, 0.717) is 5.56 Å². The number of ether oxygens (including phenoxy) is 5. The lowest BCUT2D eigenvalue weighted by Crippen LogP contribution is -2.59. The lowest BCUT2D eigenvalue weighted by Gasteiger charge is -2.38. The third-order valence-corrected chi connectivity index (χ3v) is 5.01. The molecule has 1 saturated heterocycles. The van der Waals surface area contributed by atoms with Crippen LogP contribution in [0.2, 0.25) is 0 Å². The molecule has 2 rings (SSSR count). The molecule has 1 aromatic rings. The summed E-state index contributed by atoms with van der Waals surface area (Å²) in [5, 5.41) is 41.6. The minimum absolute atomic E-state index is 0.0527. The summed E-state index contributed by atoms with van der Waals surface area (Å²) in [5.41, 5.74) is -1.01. The van der Waals surface area contributed by atoms with Crippen LogP contribution in [0.3, 0.4) is 0 Å². The Morgan fingerprint density at radius 1 is 0.895 bits per heavy atom. The largest absolute Gasteiger partial charge is 0.514 e. The van der Waals surface area contributed by atoms with Gasteiger partial charge in [-0.15, -0.1) is 0 Å². The summed E-state index contributed by atoms with van der Waals surface area (Å²) in [5.74, 6) is -0.721. The summed E-state index contributed by atoms with van der Waals surface area (Å²) in [6, 6.07) is 4.85. The van der Waals surface area contributed by atoms with Crippen LogP contribution in [0.1, 0.15) is 47.1 Å². The van der Waals surface area contributed by atoms with E-state index in [-0.39, 0.29) is 12.2 Å². The molecule has 13 heteroatoms. The molecular formula is C25H37NO12.